The van der Waals surface area contributed by atoms with Gasteiger partial charge in [-0.2, -0.15) is 0 Å². The largest absolute Gasteiger partial charge is 0.356 e. The number of carbonyl (C=O) groups excluding carboxylic acids is 1. The maximum Gasteiger partial charge on any atom is 0.251 e. The third-order valence-electron chi connectivity index (χ3n) is 4.73. The molecule has 0 aliphatic carbocycles. The van der Waals surface area contributed by atoms with Crippen LogP contribution in [0.3, 0.4) is 0 Å². The molecule has 2 atom stereocenters. The second-order valence-corrected chi connectivity index (χ2v) is 6.10. The summed E-state index contributed by atoms with van der Waals surface area (Å²) in [6.07, 6.45) is 0.735. The smallest absolute Gasteiger partial charge is 0.251 e. The van der Waals surface area contributed by atoms with Crippen molar-refractivity contribution in [3.63, 3.8) is 0 Å². The zero-order chi connectivity index (χ0) is 14.7. The number of H-pyrrole nitrogens is 1. The van der Waals surface area contributed by atoms with Gasteiger partial charge in [0.05, 0.1) is 6.04 Å². The van der Waals surface area contributed by atoms with E-state index in [0.29, 0.717) is 11.7 Å². The van der Waals surface area contributed by atoms with E-state index in [1.165, 1.54) is 16.6 Å². The average molecular weight is 299 g/mol. The van der Waals surface area contributed by atoms with E-state index >= 15 is 0 Å². The molecular formula is C16H17N3OS. The molecule has 108 valence electrons. The lowest BCUT2D eigenvalue weighted by atomic mass is 9.93. The molecule has 0 bridgehead atoms. The van der Waals surface area contributed by atoms with Crippen LogP contribution in [-0.4, -0.2) is 38.4 Å². The highest BCUT2D eigenvalue weighted by atomic mass is 32.1. The summed E-state index contributed by atoms with van der Waals surface area (Å²) in [7, 11) is 0. The van der Waals surface area contributed by atoms with Crippen LogP contribution in [-0.2, 0) is 11.2 Å². The molecule has 1 N–H and O–H groups in total. The van der Waals surface area contributed by atoms with E-state index in [1.807, 2.05) is 19.1 Å². The average Bonchev–Trinajstić information content (AvgIpc) is 2.97. The number of likely N-dealkylation sites (N-methyl/N-ethyl adjacent to an activating group) is 1. The van der Waals surface area contributed by atoms with Crippen LogP contribution in [0, 0.1) is 0 Å². The van der Waals surface area contributed by atoms with Gasteiger partial charge in [-0.15, -0.1) is 0 Å². The van der Waals surface area contributed by atoms with Gasteiger partial charge in [0.1, 0.15) is 6.04 Å². The van der Waals surface area contributed by atoms with Gasteiger partial charge in [0.25, 0.3) is 5.91 Å². The number of para-hydroxylation sites is 1. The molecule has 1 saturated heterocycles. The van der Waals surface area contributed by atoms with Crippen molar-refractivity contribution in [2.24, 2.45) is 0 Å². The first-order valence-corrected chi connectivity index (χ1v) is 7.77. The Morgan fingerprint density at radius 1 is 1.38 bits per heavy atom. The fourth-order valence-electron chi connectivity index (χ4n) is 3.71. The van der Waals surface area contributed by atoms with Crippen molar-refractivity contribution in [2.75, 3.05) is 6.54 Å². The second kappa shape index (κ2) is 4.31. The van der Waals surface area contributed by atoms with E-state index in [4.69, 9.17) is 12.2 Å². The quantitative estimate of drug-likeness (QED) is 0.823. The molecule has 5 heteroatoms. The number of amides is 1. The van der Waals surface area contributed by atoms with Gasteiger partial charge in [0, 0.05) is 29.6 Å². The highest BCUT2D eigenvalue weighted by Gasteiger charge is 2.47. The molecular weight excluding hydrogens is 282 g/mol. The number of hydrogen-bond acceptors (Lipinski definition) is 2. The summed E-state index contributed by atoms with van der Waals surface area (Å²) in [5.74, 6) is 0.144. The number of aromatic nitrogens is 1. The third-order valence-corrected chi connectivity index (χ3v) is 5.17. The Bertz CT molecular complexity index is 766. The number of carbonyl (C=O) groups is 1. The summed E-state index contributed by atoms with van der Waals surface area (Å²) in [6, 6.07) is 8.27. The van der Waals surface area contributed by atoms with Crippen molar-refractivity contribution < 1.29 is 4.79 Å². The number of aromatic amines is 1. The molecule has 1 aromatic carbocycles. The van der Waals surface area contributed by atoms with Gasteiger partial charge in [-0.1, -0.05) is 18.2 Å². The minimum absolute atomic E-state index is 0.110. The van der Waals surface area contributed by atoms with Gasteiger partial charge >= 0.3 is 0 Å². The van der Waals surface area contributed by atoms with Crippen LogP contribution < -0.4 is 0 Å². The topological polar surface area (TPSA) is 39.3 Å². The molecule has 0 unspecified atom stereocenters. The van der Waals surface area contributed by atoms with Gasteiger partial charge in [-0.05, 0) is 37.7 Å². The first-order valence-electron chi connectivity index (χ1n) is 7.36. The van der Waals surface area contributed by atoms with E-state index < -0.39 is 0 Å². The molecule has 2 aromatic rings. The second-order valence-electron chi connectivity index (χ2n) is 5.73. The van der Waals surface area contributed by atoms with E-state index in [1.54, 1.807) is 4.90 Å². The van der Waals surface area contributed by atoms with Crippen LogP contribution in [0.5, 0.6) is 0 Å². The predicted molar refractivity (Wildman–Crippen MR) is 86.0 cm³/mol. The standard InChI is InChI=1S/C16H17N3OS/c1-3-18-15(20)13-8-11-10-6-4-5-7-12(10)17-14(11)9(2)19(13)16(18)21/h4-7,9,13,17H,3,8H2,1-2H3/t9-,13+/m1/s1. The van der Waals surface area contributed by atoms with Gasteiger partial charge in [0.15, 0.2) is 5.11 Å². The predicted octanol–water partition coefficient (Wildman–Crippen LogP) is 2.60. The minimum Gasteiger partial charge on any atom is -0.356 e. The Balaban J connectivity index is 1.88. The zero-order valence-corrected chi connectivity index (χ0v) is 12.9. The molecule has 0 spiro atoms. The van der Waals surface area contributed by atoms with E-state index in [9.17, 15) is 4.79 Å². The lowest BCUT2D eigenvalue weighted by molar-refractivity contribution is -0.128. The summed E-state index contributed by atoms with van der Waals surface area (Å²) in [5.41, 5.74) is 3.61. The van der Waals surface area contributed by atoms with Gasteiger partial charge in [0.2, 0.25) is 0 Å². The Labute approximate surface area is 128 Å². The van der Waals surface area contributed by atoms with Crippen molar-refractivity contribution >= 4 is 34.1 Å². The molecule has 4 nitrogen and oxygen atoms in total. The monoisotopic (exact) mass is 299 g/mol. The molecule has 2 aliphatic heterocycles. The van der Waals surface area contributed by atoms with Crippen LogP contribution in [0.4, 0.5) is 0 Å². The molecule has 1 aromatic heterocycles. The number of hydrogen-bond donors (Lipinski definition) is 1. The molecule has 2 aliphatic rings. The fourth-order valence-corrected chi connectivity index (χ4v) is 4.21. The Kier molecular flexibility index (Phi) is 2.63. The highest BCUT2D eigenvalue weighted by Crippen LogP contribution is 2.40. The normalized spacial score (nSPS) is 24.7. The van der Waals surface area contributed by atoms with Crippen molar-refractivity contribution in [1.29, 1.82) is 0 Å². The first-order chi connectivity index (χ1) is 10.1. The van der Waals surface area contributed by atoms with Crippen molar-refractivity contribution in [3.8, 4) is 0 Å². The molecule has 21 heavy (non-hydrogen) atoms. The van der Waals surface area contributed by atoms with Gasteiger partial charge in [-0.3, -0.25) is 9.69 Å². The Morgan fingerprint density at radius 3 is 2.90 bits per heavy atom. The van der Waals surface area contributed by atoms with E-state index in [2.05, 4.69) is 28.9 Å². The fraction of sp³-hybridized carbons (Fsp3) is 0.375. The van der Waals surface area contributed by atoms with Crippen molar-refractivity contribution in [2.45, 2.75) is 32.4 Å². The minimum atomic E-state index is -0.140. The summed E-state index contributed by atoms with van der Waals surface area (Å²) in [5, 5.41) is 1.90. The molecule has 1 fully saturated rings. The maximum absolute atomic E-state index is 12.6. The summed E-state index contributed by atoms with van der Waals surface area (Å²) < 4.78 is 0. The lowest BCUT2D eigenvalue weighted by Crippen LogP contribution is -2.42. The molecule has 0 saturated carbocycles. The number of nitrogens with zero attached hydrogens (tertiary/aromatic N) is 2. The van der Waals surface area contributed by atoms with E-state index in [0.717, 1.165) is 11.9 Å². The lowest BCUT2D eigenvalue weighted by Gasteiger charge is -2.34. The van der Waals surface area contributed by atoms with Crippen LogP contribution in [0.1, 0.15) is 31.1 Å². The Morgan fingerprint density at radius 2 is 2.14 bits per heavy atom. The van der Waals surface area contributed by atoms with E-state index in [-0.39, 0.29) is 18.0 Å². The SMILES string of the molecule is CCN1C(=O)[C@@H]2Cc3c([nH]c4ccccc34)[C@@H](C)N2C1=S. The molecule has 4 rings (SSSR count). The number of fused-ring (bicyclic) bond motifs is 4. The molecule has 1 amide bonds. The van der Waals surface area contributed by atoms with Crippen LogP contribution >= 0.6 is 12.2 Å². The van der Waals surface area contributed by atoms with Crippen LogP contribution in [0.15, 0.2) is 24.3 Å². The molecule has 3 heterocycles. The summed E-state index contributed by atoms with van der Waals surface area (Å²) in [6.45, 7) is 4.74. The maximum atomic E-state index is 12.6. The number of benzene rings is 1. The summed E-state index contributed by atoms with van der Waals surface area (Å²) >= 11 is 5.52. The summed E-state index contributed by atoms with van der Waals surface area (Å²) in [4.78, 5) is 19.9. The first kappa shape index (κ1) is 12.8. The highest BCUT2D eigenvalue weighted by molar-refractivity contribution is 7.80. The van der Waals surface area contributed by atoms with Crippen LogP contribution in [0.25, 0.3) is 10.9 Å². The van der Waals surface area contributed by atoms with Gasteiger partial charge in [-0.25, -0.2) is 0 Å². The number of thiocarbonyl (C=S) groups is 1. The van der Waals surface area contributed by atoms with Crippen LogP contribution in [0.2, 0.25) is 0 Å². The molecule has 0 radical (unpaired) electrons. The third kappa shape index (κ3) is 1.55. The van der Waals surface area contributed by atoms with Gasteiger partial charge < -0.3 is 9.88 Å². The number of rotatable bonds is 1. The Hall–Kier alpha value is -1.88. The number of nitrogens with one attached hydrogen (secondary N) is 1. The zero-order valence-electron chi connectivity index (χ0n) is 12.1. The van der Waals surface area contributed by atoms with Crippen molar-refractivity contribution in [1.82, 2.24) is 14.8 Å². The van der Waals surface area contributed by atoms with Crippen molar-refractivity contribution in [3.05, 3.63) is 35.5 Å².